The highest BCUT2D eigenvalue weighted by atomic mass is 15.0. The predicted molar refractivity (Wildman–Crippen MR) is 50.5 cm³/mol. The van der Waals surface area contributed by atoms with Gasteiger partial charge in [-0.2, -0.15) is 0 Å². The molecule has 1 unspecified atom stereocenters. The van der Waals surface area contributed by atoms with E-state index in [1.165, 1.54) is 31.6 Å². The van der Waals surface area contributed by atoms with E-state index < -0.39 is 0 Å². The Balaban J connectivity index is 1.92. The van der Waals surface area contributed by atoms with Crippen LogP contribution in [-0.2, 0) is 0 Å². The van der Waals surface area contributed by atoms with E-state index >= 15 is 0 Å². The second kappa shape index (κ2) is 3.90. The average molecular weight is 167 g/mol. The van der Waals surface area contributed by atoms with Gasteiger partial charge in [0.15, 0.2) is 0 Å². The molecule has 0 saturated carbocycles. The molecule has 0 aliphatic carbocycles. The van der Waals surface area contributed by atoms with Crippen molar-refractivity contribution in [2.75, 3.05) is 26.2 Å². The van der Waals surface area contributed by atoms with Gasteiger partial charge in [-0.15, -0.1) is 0 Å². The lowest BCUT2D eigenvalue weighted by Gasteiger charge is -2.26. The number of nitrogens with one attached hydrogen (secondary N) is 2. The SMILES string of the molecule is C1CN=C(C2CCCNC2)NC1. The van der Waals surface area contributed by atoms with Crippen LogP contribution in [0.3, 0.4) is 0 Å². The molecule has 0 amide bonds. The Bertz CT molecular complexity index is 171. The van der Waals surface area contributed by atoms with Crippen molar-refractivity contribution >= 4 is 5.84 Å². The molecule has 2 rings (SSSR count). The van der Waals surface area contributed by atoms with Crippen LogP contribution in [0.1, 0.15) is 19.3 Å². The molecule has 2 N–H and O–H groups in total. The van der Waals surface area contributed by atoms with Crippen molar-refractivity contribution in [1.82, 2.24) is 10.6 Å². The normalized spacial score (nSPS) is 30.7. The zero-order valence-electron chi connectivity index (χ0n) is 7.47. The molecule has 0 aromatic rings. The number of amidine groups is 1. The number of piperidine rings is 1. The van der Waals surface area contributed by atoms with E-state index in [9.17, 15) is 0 Å². The summed E-state index contributed by atoms with van der Waals surface area (Å²) in [5, 5.41) is 6.81. The molecule has 1 atom stereocenters. The summed E-state index contributed by atoms with van der Waals surface area (Å²) < 4.78 is 0. The molecule has 12 heavy (non-hydrogen) atoms. The van der Waals surface area contributed by atoms with E-state index in [0.29, 0.717) is 5.92 Å². The first-order chi connectivity index (χ1) is 5.97. The van der Waals surface area contributed by atoms with Crippen LogP contribution in [0.2, 0.25) is 0 Å². The first-order valence-electron chi connectivity index (χ1n) is 4.96. The second-order valence-corrected chi connectivity index (χ2v) is 3.59. The van der Waals surface area contributed by atoms with Crippen molar-refractivity contribution in [3.8, 4) is 0 Å². The monoisotopic (exact) mass is 167 g/mol. The largest absolute Gasteiger partial charge is 0.373 e. The molecule has 1 saturated heterocycles. The van der Waals surface area contributed by atoms with Crippen molar-refractivity contribution in [2.24, 2.45) is 10.9 Å². The van der Waals surface area contributed by atoms with E-state index in [1.807, 2.05) is 0 Å². The topological polar surface area (TPSA) is 36.4 Å². The van der Waals surface area contributed by atoms with Gasteiger partial charge in [0.25, 0.3) is 0 Å². The molecule has 0 aromatic carbocycles. The molecule has 3 heteroatoms. The fourth-order valence-corrected chi connectivity index (χ4v) is 1.91. The van der Waals surface area contributed by atoms with Crippen LogP contribution in [0.4, 0.5) is 0 Å². The maximum atomic E-state index is 4.52. The van der Waals surface area contributed by atoms with Crippen LogP contribution < -0.4 is 10.6 Å². The van der Waals surface area contributed by atoms with E-state index in [2.05, 4.69) is 15.6 Å². The predicted octanol–water partition coefficient (Wildman–Crippen LogP) is 0.378. The lowest BCUT2D eigenvalue weighted by Crippen LogP contribution is -2.42. The average Bonchev–Trinajstić information content (AvgIpc) is 2.21. The Morgan fingerprint density at radius 1 is 1.25 bits per heavy atom. The Hall–Kier alpha value is -0.570. The third-order valence-corrected chi connectivity index (χ3v) is 2.61. The summed E-state index contributed by atoms with van der Waals surface area (Å²) in [7, 11) is 0. The van der Waals surface area contributed by atoms with Crippen LogP contribution in [-0.4, -0.2) is 32.0 Å². The highest BCUT2D eigenvalue weighted by Gasteiger charge is 2.19. The summed E-state index contributed by atoms with van der Waals surface area (Å²) in [6.45, 7) is 4.45. The van der Waals surface area contributed by atoms with Gasteiger partial charge >= 0.3 is 0 Å². The van der Waals surface area contributed by atoms with Gasteiger partial charge in [0.05, 0.1) is 0 Å². The first-order valence-corrected chi connectivity index (χ1v) is 4.96. The third-order valence-electron chi connectivity index (χ3n) is 2.61. The fourth-order valence-electron chi connectivity index (χ4n) is 1.91. The van der Waals surface area contributed by atoms with Crippen molar-refractivity contribution in [1.29, 1.82) is 0 Å². The number of nitrogens with zero attached hydrogens (tertiary/aromatic N) is 1. The summed E-state index contributed by atoms with van der Waals surface area (Å²) >= 11 is 0. The van der Waals surface area contributed by atoms with E-state index in [4.69, 9.17) is 0 Å². The first kappa shape index (κ1) is 8.05. The Labute approximate surface area is 73.6 Å². The summed E-state index contributed by atoms with van der Waals surface area (Å²) in [5.74, 6) is 1.92. The lowest BCUT2D eigenvalue weighted by molar-refractivity contribution is 0.445. The number of aliphatic imine (C=N–C) groups is 1. The second-order valence-electron chi connectivity index (χ2n) is 3.59. The van der Waals surface area contributed by atoms with Crippen LogP contribution in [0.25, 0.3) is 0 Å². The molecule has 0 bridgehead atoms. The molecular weight excluding hydrogens is 150 g/mol. The Kier molecular flexibility index (Phi) is 2.61. The lowest BCUT2D eigenvalue weighted by atomic mass is 9.97. The minimum absolute atomic E-state index is 0.666. The van der Waals surface area contributed by atoms with Crippen molar-refractivity contribution in [2.45, 2.75) is 19.3 Å². The standard InChI is InChI=1S/C9H17N3/c1-3-8(7-10-4-1)9-11-5-2-6-12-9/h8,10H,1-7H2,(H,11,12). The molecule has 0 spiro atoms. The smallest absolute Gasteiger partial charge is 0.101 e. The van der Waals surface area contributed by atoms with Crippen LogP contribution in [0.15, 0.2) is 4.99 Å². The molecule has 2 aliphatic heterocycles. The third kappa shape index (κ3) is 1.78. The van der Waals surface area contributed by atoms with E-state index in [-0.39, 0.29) is 0 Å². The van der Waals surface area contributed by atoms with Crippen LogP contribution in [0, 0.1) is 5.92 Å². The summed E-state index contributed by atoms with van der Waals surface area (Å²) in [6.07, 6.45) is 3.80. The molecule has 2 heterocycles. The van der Waals surface area contributed by atoms with Crippen molar-refractivity contribution in [3.63, 3.8) is 0 Å². The summed E-state index contributed by atoms with van der Waals surface area (Å²) in [4.78, 5) is 4.52. The van der Waals surface area contributed by atoms with E-state index in [0.717, 1.165) is 19.6 Å². The maximum absolute atomic E-state index is 4.52. The molecule has 0 aromatic heterocycles. The van der Waals surface area contributed by atoms with Gasteiger partial charge in [0.1, 0.15) is 5.84 Å². The van der Waals surface area contributed by atoms with Crippen molar-refractivity contribution < 1.29 is 0 Å². The molecule has 1 fully saturated rings. The maximum Gasteiger partial charge on any atom is 0.101 e. The zero-order chi connectivity index (χ0) is 8.23. The van der Waals surface area contributed by atoms with Gasteiger partial charge in [-0.25, -0.2) is 0 Å². The molecule has 0 radical (unpaired) electrons. The summed E-state index contributed by atoms with van der Waals surface area (Å²) in [6, 6.07) is 0. The number of rotatable bonds is 1. The number of hydrogen-bond donors (Lipinski definition) is 2. The van der Waals surface area contributed by atoms with Crippen LogP contribution >= 0.6 is 0 Å². The molecular formula is C9H17N3. The minimum atomic E-state index is 0.666. The van der Waals surface area contributed by atoms with Gasteiger partial charge in [-0.1, -0.05) is 0 Å². The van der Waals surface area contributed by atoms with Gasteiger partial charge in [-0.05, 0) is 25.8 Å². The van der Waals surface area contributed by atoms with Gasteiger partial charge < -0.3 is 10.6 Å². The quantitative estimate of drug-likeness (QED) is 0.592. The van der Waals surface area contributed by atoms with Crippen molar-refractivity contribution in [3.05, 3.63) is 0 Å². The summed E-state index contributed by atoms with van der Waals surface area (Å²) in [5.41, 5.74) is 0. The van der Waals surface area contributed by atoms with Gasteiger partial charge in [-0.3, -0.25) is 4.99 Å². The molecule has 2 aliphatic rings. The Morgan fingerprint density at radius 3 is 2.92 bits per heavy atom. The van der Waals surface area contributed by atoms with Crippen LogP contribution in [0.5, 0.6) is 0 Å². The number of hydrogen-bond acceptors (Lipinski definition) is 3. The van der Waals surface area contributed by atoms with Gasteiger partial charge in [0.2, 0.25) is 0 Å². The molecule has 3 nitrogen and oxygen atoms in total. The highest BCUT2D eigenvalue weighted by molar-refractivity contribution is 5.85. The van der Waals surface area contributed by atoms with E-state index in [1.54, 1.807) is 0 Å². The Morgan fingerprint density at radius 2 is 2.25 bits per heavy atom. The zero-order valence-corrected chi connectivity index (χ0v) is 7.47. The fraction of sp³-hybridized carbons (Fsp3) is 0.889. The highest BCUT2D eigenvalue weighted by Crippen LogP contribution is 2.12. The van der Waals surface area contributed by atoms with Gasteiger partial charge in [0, 0.05) is 25.6 Å². The molecule has 68 valence electrons. The minimum Gasteiger partial charge on any atom is -0.373 e.